The van der Waals surface area contributed by atoms with Gasteiger partial charge in [-0.05, 0) is 84.5 Å². The van der Waals surface area contributed by atoms with Crippen molar-refractivity contribution in [2.45, 2.75) is 100 Å². The van der Waals surface area contributed by atoms with E-state index in [2.05, 4.69) is 46.0 Å². The van der Waals surface area contributed by atoms with Gasteiger partial charge in [-0.2, -0.15) is 5.26 Å². The topological polar surface area (TPSA) is 87.0 Å². The minimum Gasteiger partial charge on any atom is -0.356 e. The molecule has 5 aliphatic rings. The van der Waals surface area contributed by atoms with Crippen LogP contribution in [0.1, 0.15) is 100 Å². The van der Waals surface area contributed by atoms with Gasteiger partial charge in [0.25, 0.3) is 0 Å². The fourth-order valence-electron chi connectivity index (χ4n) is 10.7. The summed E-state index contributed by atoms with van der Waals surface area (Å²) in [5, 5.41) is 13.2. The van der Waals surface area contributed by atoms with Crippen LogP contribution in [0, 0.1) is 68.0 Å². The van der Waals surface area contributed by atoms with E-state index in [0.29, 0.717) is 24.8 Å². The van der Waals surface area contributed by atoms with Crippen LogP contribution in [0.5, 0.6) is 0 Å². The van der Waals surface area contributed by atoms with Crippen LogP contribution in [0.2, 0.25) is 0 Å². The van der Waals surface area contributed by atoms with Crippen molar-refractivity contribution in [2.24, 2.45) is 56.7 Å². The number of rotatable bonds is 3. The van der Waals surface area contributed by atoms with E-state index in [1.165, 1.54) is 0 Å². The van der Waals surface area contributed by atoms with Gasteiger partial charge in [0, 0.05) is 29.7 Å². The first-order valence-corrected chi connectivity index (χ1v) is 15.3. The van der Waals surface area contributed by atoms with Crippen molar-refractivity contribution >= 4 is 17.5 Å². The summed E-state index contributed by atoms with van der Waals surface area (Å²) in [6.45, 7) is 18.2. The summed E-state index contributed by atoms with van der Waals surface area (Å²) in [5.74, 6) is 1.38. The van der Waals surface area contributed by atoms with E-state index in [0.717, 1.165) is 44.1 Å². The Morgan fingerprint density at radius 3 is 2.38 bits per heavy atom. The number of amides is 1. The second-order valence-corrected chi connectivity index (χ2v) is 15.2. The molecule has 0 radical (unpaired) electrons. The lowest BCUT2D eigenvalue weighted by Crippen LogP contribution is -2.66. The molecular weight excluding hydrogens is 484 g/mol. The maximum absolute atomic E-state index is 14.6. The maximum atomic E-state index is 14.6. The fraction of sp³-hybridized carbons (Fsp3) is 0.765. The number of hydrogen-bond acceptors (Lipinski definition) is 4. The average Bonchev–Trinajstić information content (AvgIpc) is 2.89. The highest BCUT2D eigenvalue weighted by Gasteiger charge is 2.70. The molecule has 9 atom stereocenters. The lowest BCUT2D eigenvalue weighted by molar-refractivity contribution is -0.176. The summed E-state index contributed by atoms with van der Waals surface area (Å²) >= 11 is 0. The van der Waals surface area contributed by atoms with Gasteiger partial charge in [0.05, 0.1) is 5.57 Å². The molecule has 0 saturated heterocycles. The highest BCUT2D eigenvalue weighted by atomic mass is 16.1. The monoisotopic (exact) mass is 532 g/mol. The van der Waals surface area contributed by atoms with E-state index in [-0.39, 0.29) is 57.0 Å². The van der Waals surface area contributed by atoms with Crippen LogP contribution in [-0.4, -0.2) is 24.0 Å². The predicted molar refractivity (Wildman–Crippen MR) is 152 cm³/mol. The lowest BCUT2D eigenvalue weighted by atomic mass is 9.34. The van der Waals surface area contributed by atoms with E-state index < -0.39 is 10.8 Å². The number of fused-ring (bicyclic) bond motifs is 7. The Balaban J connectivity index is 1.66. The molecule has 0 bridgehead atoms. The fourth-order valence-corrected chi connectivity index (χ4v) is 10.7. The summed E-state index contributed by atoms with van der Waals surface area (Å²) in [6.07, 6.45) is 10.4. The van der Waals surface area contributed by atoms with Gasteiger partial charge < -0.3 is 5.32 Å². The minimum absolute atomic E-state index is 0.0491. The Hall–Kier alpha value is -2.22. The summed E-state index contributed by atoms with van der Waals surface area (Å²) in [6, 6.07) is 2.20. The van der Waals surface area contributed by atoms with Crippen LogP contribution in [0.4, 0.5) is 0 Å². The van der Waals surface area contributed by atoms with Gasteiger partial charge in [-0.1, -0.05) is 67.0 Å². The van der Waals surface area contributed by atoms with E-state index in [4.69, 9.17) is 0 Å². The number of ketones is 2. The molecule has 39 heavy (non-hydrogen) atoms. The van der Waals surface area contributed by atoms with Gasteiger partial charge in [-0.3, -0.25) is 14.4 Å². The molecule has 0 unspecified atom stereocenters. The quantitative estimate of drug-likeness (QED) is 0.444. The smallest absolute Gasteiger partial charge is 0.219 e. The molecule has 212 valence electrons. The minimum atomic E-state index is -0.649. The summed E-state index contributed by atoms with van der Waals surface area (Å²) in [4.78, 5) is 40.2. The number of allylic oxidation sites excluding steroid dienone is 4. The van der Waals surface area contributed by atoms with Crippen LogP contribution >= 0.6 is 0 Å². The first-order chi connectivity index (χ1) is 18.1. The Morgan fingerprint density at radius 2 is 1.74 bits per heavy atom. The van der Waals surface area contributed by atoms with Gasteiger partial charge in [0.15, 0.2) is 11.6 Å². The number of Topliss-reactive ketones (excluding diaryl/α,β-unsaturated/α-hetero) is 1. The van der Waals surface area contributed by atoms with Crippen molar-refractivity contribution in [3.8, 4) is 6.07 Å². The van der Waals surface area contributed by atoms with Gasteiger partial charge in [0.1, 0.15) is 6.07 Å². The molecule has 5 rings (SSSR count). The number of nitrogens with one attached hydrogen (secondary N) is 1. The molecular formula is C34H48N2O3. The number of hydrogen-bond donors (Lipinski definition) is 1. The van der Waals surface area contributed by atoms with Crippen molar-refractivity contribution in [3.05, 3.63) is 23.3 Å². The van der Waals surface area contributed by atoms with E-state index in [1.807, 2.05) is 32.9 Å². The Bertz CT molecular complexity index is 1220. The lowest BCUT2D eigenvalue weighted by Gasteiger charge is -2.69. The van der Waals surface area contributed by atoms with Gasteiger partial charge in [-0.15, -0.1) is 0 Å². The third kappa shape index (κ3) is 3.58. The first kappa shape index (κ1) is 28.3. The second kappa shape index (κ2) is 8.89. The summed E-state index contributed by atoms with van der Waals surface area (Å²) < 4.78 is 0. The highest BCUT2D eigenvalue weighted by molar-refractivity contribution is 6.04. The molecule has 0 aliphatic heterocycles. The molecule has 3 saturated carbocycles. The normalized spacial score (nSPS) is 46.4. The van der Waals surface area contributed by atoms with E-state index >= 15 is 0 Å². The molecule has 1 amide bonds. The standard InChI is InChI=1S/C34H48N2O3/c1-9-26(38)36-19-34-13-10-20(2)21(3)27(34)28-23(37)16-25-31(6)17-22(18-35)29(39)30(4,5)24(31)11-12-32(25,7)33(28,8)14-15-34/h16-17,20-21,24,27-28H,9-15,19H2,1-8H3,(H,36,38)/t20-,21+,24+,27+,28-,31+,32-,33-,34-/m1/s1. The van der Waals surface area contributed by atoms with Crippen molar-refractivity contribution in [3.63, 3.8) is 0 Å². The molecule has 5 heteroatoms. The molecule has 5 aliphatic carbocycles. The molecule has 0 aromatic rings. The van der Waals surface area contributed by atoms with Gasteiger partial charge in [0.2, 0.25) is 5.91 Å². The van der Waals surface area contributed by atoms with E-state index in [9.17, 15) is 19.6 Å². The van der Waals surface area contributed by atoms with Crippen LogP contribution < -0.4 is 5.32 Å². The number of carbonyl (C=O) groups excluding carboxylic acids is 3. The molecule has 5 nitrogen and oxygen atoms in total. The Labute approximate surface area is 235 Å². The van der Waals surface area contributed by atoms with Crippen LogP contribution in [-0.2, 0) is 14.4 Å². The summed E-state index contributed by atoms with van der Waals surface area (Å²) in [7, 11) is 0. The summed E-state index contributed by atoms with van der Waals surface area (Å²) in [5.41, 5.74) is -0.240. The number of nitriles is 1. The highest BCUT2D eigenvalue weighted by Crippen LogP contribution is 2.74. The molecule has 0 spiro atoms. The number of nitrogens with zero attached hydrogens (tertiary/aromatic N) is 1. The molecule has 0 aromatic carbocycles. The van der Waals surface area contributed by atoms with Crippen molar-refractivity contribution < 1.29 is 14.4 Å². The van der Waals surface area contributed by atoms with Crippen molar-refractivity contribution in [1.29, 1.82) is 5.26 Å². The molecule has 1 N–H and O–H groups in total. The van der Waals surface area contributed by atoms with Crippen LogP contribution in [0.25, 0.3) is 0 Å². The van der Waals surface area contributed by atoms with E-state index in [1.54, 1.807) is 0 Å². The molecule has 3 fully saturated rings. The van der Waals surface area contributed by atoms with Crippen molar-refractivity contribution in [1.82, 2.24) is 5.32 Å². The zero-order valence-electron chi connectivity index (χ0n) is 25.4. The van der Waals surface area contributed by atoms with Crippen LogP contribution in [0.15, 0.2) is 23.3 Å². The average molecular weight is 533 g/mol. The van der Waals surface area contributed by atoms with Gasteiger partial charge in [-0.25, -0.2) is 0 Å². The molecule has 0 heterocycles. The third-order valence-electron chi connectivity index (χ3n) is 13.4. The third-order valence-corrected chi connectivity index (χ3v) is 13.4. The van der Waals surface area contributed by atoms with Crippen LogP contribution in [0.3, 0.4) is 0 Å². The van der Waals surface area contributed by atoms with Crippen molar-refractivity contribution in [2.75, 3.05) is 6.54 Å². The maximum Gasteiger partial charge on any atom is 0.219 e. The first-order valence-electron chi connectivity index (χ1n) is 15.3. The molecule has 0 aromatic heterocycles. The Kier molecular flexibility index (Phi) is 6.45. The number of carbonyl (C=O) groups is 3. The SMILES string of the molecule is CCC(=O)NC[C@]12CC[C@@H](C)[C@H](C)[C@H]1[C@H]1C(=O)C=C3[C@@]4(C)C=C(C#N)C(=O)C(C)(C)[C@@H]4CC[C@@]3(C)[C@]1(C)CC2. The zero-order chi connectivity index (χ0) is 28.8. The largest absolute Gasteiger partial charge is 0.356 e. The van der Waals surface area contributed by atoms with Gasteiger partial charge >= 0.3 is 0 Å². The Morgan fingerprint density at radius 1 is 1.05 bits per heavy atom. The predicted octanol–water partition coefficient (Wildman–Crippen LogP) is 6.59. The second-order valence-electron chi connectivity index (χ2n) is 15.2. The zero-order valence-corrected chi connectivity index (χ0v) is 25.4.